The molecule has 0 saturated carbocycles. The van der Waals surface area contributed by atoms with E-state index in [9.17, 15) is 4.79 Å². The molecule has 0 unspecified atom stereocenters. The van der Waals surface area contributed by atoms with E-state index in [4.69, 9.17) is 4.74 Å². The van der Waals surface area contributed by atoms with Crippen molar-refractivity contribution in [3.05, 3.63) is 47.5 Å². The van der Waals surface area contributed by atoms with E-state index in [1.807, 2.05) is 35.5 Å². The first-order valence-electron chi connectivity index (χ1n) is 9.43. The van der Waals surface area contributed by atoms with Crippen molar-refractivity contribution in [2.24, 2.45) is 0 Å². The number of ether oxygens (including phenoxy) is 1. The van der Waals surface area contributed by atoms with Gasteiger partial charge >= 0.3 is 0 Å². The lowest BCUT2D eigenvalue weighted by molar-refractivity contribution is 0.0745. The summed E-state index contributed by atoms with van der Waals surface area (Å²) >= 11 is 0. The SMILES string of the molecule is COc1ccc(C(=O)N2CCCn3cnc(CN4CCCC4)c3C2)cc1. The molecule has 0 radical (unpaired) electrons. The molecule has 1 aromatic heterocycles. The number of carbonyl (C=O) groups is 1. The second-order valence-electron chi connectivity index (χ2n) is 7.12. The molecule has 2 aliphatic heterocycles. The molecular formula is C20H26N4O2. The average molecular weight is 354 g/mol. The van der Waals surface area contributed by atoms with Gasteiger partial charge in [-0.25, -0.2) is 4.98 Å². The monoisotopic (exact) mass is 354 g/mol. The van der Waals surface area contributed by atoms with Gasteiger partial charge in [0, 0.05) is 25.2 Å². The lowest BCUT2D eigenvalue weighted by Gasteiger charge is -2.21. The summed E-state index contributed by atoms with van der Waals surface area (Å²) < 4.78 is 7.42. The van der Waals surface area contributed by atoms with Crippen molar-refractivity contribution in [1.29, 1.82) is 0 Å². The highest BCUT2D eigenvalue weighted by atomic mass is 16.5. The molecule has 1 amide bonds. The van der Waals surface area contributed by atoms with E-state index in [-0.39, 0.29) is 5.91 Å². The Morgan fingerprint density at radius 2 is 1.85 bits per heavy atom. The number of amides is 1. The fourth-order valence-electron chi connectivity index (χ4n) is 3.89. The average Bonchev–Trinajstić information content (AvgIpc) is 3.26. The first-order valence-corrected chi connectivity index (χ1v) is 9.43. The van der Waals surface area contributed by atoms with Crippen LogP contribution >= 0.6 is 0 Å². The van der Waals surface area contributed by atoms with Crippen molar-refractivity contribution >= 4 is 5.91 Å². The Kier molecular flexibility index (Phi) is 4.93. The van der Waals surface area contributed by atoms with Crippen molar-refractivity contribution in [2.75, 3.05) is 26.7 Å². The molecule has 2 aliphatic rings. The van der Waals surface area contributed by atoms with Gasteiger partial charge in [-0.3, -0.25) is 9.69 Å². The number of rotatable bonds is 4. The minimum absolute atomic E-state index is 0.0782. The largest absolute Gasteiger partial charge is 0.497 e. The van der Waals surface area contributed by atoms with E-state index in [0.29, 0.717) is 12.1 Å². The van der Waals surface area contributed by atoms with Crippen LogP contribution in [0.3, 0.4) is 0 Å². The number of aromatic nitrogens is 2. The van der Waals surface area contributed by atoms with Gasteiger partial charge in [-0.2, -0.15) is 0 Å². The summed E-state index contributed by atoms with van der Waals surface area (Å²) in [7, 11) is 1.63. The number of hydrogen-bond acceptors (Lipinski definition) is 4. The number of likely N-dealkylation sites (tertiary alicyclic amines) is 1. The van der Waals surface area contributed by atoms with Crippen LogP contribution in [0.15, 0.2) is 30.6 Å². The van der Waals surface area contributed by atoms with Crippen LogP contribution in [-0.2, 0) is 19.6 Å². The highest BCUT2D eigenvalue weighted by Gasteiger charge is 2.24. The van der Waals surface area contributed by atoms with Crippen molar-refractivity contribution in [3.63, 3.8) is 0 Å². The van der Waals surface area contributed by atoms with Crippen LogP contribution in [0.25, 0.3) is 0 Å². The Balaban J connectivity index is 1.52. The number of imidazole rings is 1. The number of hydrogen-bond donors (Lipinski definition) is 0. The standard InChI is InChI=1S/C20H26N4O2/c1-26-17-7-5-16(6-8-17)20(25)23-11-4-12-24-15-21-18(19(24)14-23)13-22-9-2-3-10-22/h5-8,15H,2-4,9-14H2,1H3. The lowest BCUT2D eigenvalue weighted by atomic mass is 10.1. The van der Waals surface area contributed by atoms with Gasteiger partial charge in [-0.15, -0.1) is 0 Å². The fraction of sp³-hybridized carbons (Fsp3) is 0.500. The van der Waals surface area contributed by atoms with Crippen molar-refractivity contribution in [3.8, 4) is 5.75 Å². The van der Waals surface area contributed by atoms with E-state index in [1.165, 1.54) is 18.5 Å². The normalized spacial score (nSPS) is 17.8. The van der Waals surface area contributed by atoms with Crippen LogP contribution in [0, 0.1) is 0 Å². The molecule has 0 N–H and O–H groups in total. The van der Waals surface area contributed by atoms with E-state index in [1.54, 1.807) is 7.11 Å². The maximum absolute atomic E-state index is 13.0. The number of fused-ring (bicyclic) bond motifs is 1. The van der Waals surface area contributed by atoms with Crippen LogP contribution < -0.4 is 4.74 Å². The number of methoxy groups -OCH3 is 1. The van der Waals surface area contributed by atoms with Gasteiger partial charge in [-0.05, 0) is 56.6 Å². The Morgan fingerprint density at radius 3 is 2.58 bits per heavy atom. The number of benzene rings is 1. The van der Waals surface area contributed by atoms with Crippen LogP contribution in [-0.4, -0.2) is 52.0 Å². The van der Waals surface area contributed by atoms with Gasteiger partial charge < -0.3 is 14.2 Å². The maximum atomic E-state index is 13.0. The molecule has 1 fully saturated rings. The molecule has 1 saturated heterocycles. The predicted octanol–water partition coefficient (Wildman–Crippen LogP) is 2.53. The quantitative estimate of drug-likeness (QED) is 0.847. The second kappa shape index (κ2) is 7.50. The molecule has 0 bridgehead atoms. The zero-order chi connectivity index (χ0) is 17.9. The highest BCUT2D eigenvalue weighted by molar-refractivity contribution is 5.94. The molecule has 4 rings (SSSR count). The molecule has 0 aliphatic carbocycles. The number of aryl methyl sites for hydroxylation is 1. The Hall–Kier alpha value is -2.34. The fourth-order valence-corrected chi connectivity index (χ4v) is 3.89. The first kappa shape index (κ1) is 17.1. The van der Waals surface area contributed by atoms with Crippen LogP contribution in [0.4, 0.5) is 0 Å². The predicted molar refractivity (Wildman–Crippen MR) is 99.1 cm³/mol. The smallest absolute Gasteiger partial charge is 0.254 e. The van der Waals surface area contributed by atoms with Gasteiger partial charge in [0.15, 0.2) is 0 Å². The summed E-state index contributed by atoms with van der Waals surface area (Å²) in [5.41, 5.74) is 3.03. The van der Waals surface area contributed by atoms with E-state index in [2.05, 4.69) is 14.5 Å². The second-order valence-corrected chi connectivity index (χ2v) is 7.12. The summed E-state index contributed by atoms with van der Waals surface area (Å²) in [6.07, 6.45) is 5.45. The molecule has 3 heterocycles. The minimum atomic E-state index is 0.0782. The molecule has 26 heavy (non-hydrogen) atoms. The molecule has 1 aromatic carbocycles. The van der Waals surface area contributed by atoms with Gasteiger partial charge in [0.05, 0.1) is 31.4 Å². The minimum Gasteiger partial charge on any atom is -0.497 e. The molecular weight excluding hydrogens is 328 g/mol. The number of nitrogens with zero attached hydrogens (tertiary/aromatic N) is 4. The molecule has 6 nitrogen and oxygen atoms in total. The Labute approximate surface area is 154 Å². The molecule has 6 heteroatoms. The maximum Gasteiger partial charge on any atom is 0.254 e. The topological polar surface area (TPSA) is 50.6 Å². The third-order valence-corrected chi connectivity index (χ3v) is 5.40. The van der Waals surface area contributed by atoms with Crippen LogP contribution in [0.2, 0.25) is 0 Å². The molecule has 138 valence electrons. The van der Waals surface area contributed by atoms with Crippen molar-refractivity contribution < 1.29 is 9.53 Å². The van der Waals surface area contributed by atoms with Gasteiger partial charge in [0.1, 0.15) is 5.75 Å². The summed E-state index contributed by atoms with van der Waals surface area (Å²) in [4.78, 5) is 22.1. The summed E-state index contributed by atoms with van der Waals surface area (Å²) in [5.74, 6) is 0.845. The van der Waals surface area contributed by atoms with Crippen LogP contribution in [0.5, 0.6) is 5.75 Å². The third-order valence-electron chi connectivity index (χ3n) is 5.40. The number of carbonyl (C=O) groups excluding carboxylic acids is 1. The van der Waals surface area contributed by atoms with E-state index < -0.39 is 0 Å². The molecule has 0 spiro atoms. The van der Waals surface area contributed by atoms with Crippen LogP contribution in [0.1, 0.15) is 41.0 Å². The van der Waals surface area contributed by atoms with Crippen molar-refractivity contribution in [2.45, 2.75) is 38.9 Å². The summed E-state index contributed by atoms with van der Waals surface area (Å²) in [5, 5.41) is 0. The van der Waals surface area contributed by atoms with Crippen molar-refractivity contribution in [1.82, 2.24) is 19.4 Å². The third kappa shape index (κ3) is 3.46. The first-order chi connectivity index (χ1) is 12.7. The van der Waals surface area contributed by atoms with Gasteiger partial charge in [0.2, 0.25) is 0 Å². The molecule has 2 aromatic rings. The van der Waals surface area contributed by atoms with Gasteiger partial charge in [0.25, 0.3) is 5.91 Å². The highest BCUT2D eigenvalue weighted by Crippen LogP contribution is 2.21. The Bertz CT molecular complexity index is 763. The van der Waals surface area contributed by atoms with E-state index in [0.717, 1.165) is 50.6 Å². The zero-order valence-corrected chi connectivity index (χ0v) is 15.4. The van der Waals surface area contributed by atoms with E-state index >= 15 is 0 Å². The zero-order valence-electron chi connectivity index (χ0n) is 15.4. The molecule has 0 atom stereocenters. The summed E-state index contributed by atoms with van der Waals surface area (Å²) in [6.45, 7) is 5.53. The summed E-state index contributed by atoms with van der Waals surface area (Å²) in [6, 6.07) is 7.37. The lowest BCUT2D eigenvalue weighted by Crippen LogP contribution is -2.31. The Morgan fingerprint density at radius 1 is 1.08 bits per heavy atom. The van der Waals surface area contributed by atoms with Gasteiger partial charge in [-0.1, -0.05) is 0 Å².